The predicted octanol–water partition coefficient (Wildman–Crippen LogP) is 1.23. The summed E-state index contributed by atoms with van der Waals surface area (Å²) in [6.45, 7) is 0. The molecule has 2 heterocycles. The lowest BCUT2D eigenvalue weighted by molar-refractivity contribution is 0.0273. The van der Waals surface area contributed by atoms with Crippen molar-refractivity contribution in [3.8, 4) is 5.75 Å². The largest absolute Gasteiger partial charge is 0.438 e. The molecule has 0 saturated carbocycles. The number of ether oxygens (including phenoxy) is 1. The summed E-state index contributed by atoms with van der Waals surface area (Å²) in [6.07, 6.45) is 3.56. The third kappa shape index (κ3) is 4.33. The molecule has 0 aliphatic carbocycles. The van der Waals surface area contributed by atoms with Gasteiger partial charge in [-0.05, 0) is 29.8 Å². The fraction of sp³-hybridized carbons (Fsp3) is 0.235. The number of pyridine rings is 1. The highest BCUT2D eigenvalue weighted by molar-refractivity contribution is 7.90. The van der Waals surface area contributed by atoms with Crippen LogP contribution in [0.25, 0.3) is 0 Å². The second-order valence-electron chi connectivity index (χ2n) is 6.23. The SMILES string of the molecule is CN(C)S(=O)(=O)c1ccc([C@@H]2C=C(Oc3ccc(S(C)(=O)=O)nc3)NO2)cc1. The summed E-state index contributed by atoms with van der Waals surface area (Å²) in [5.41, 5.74) is 3.36. The Kier molecular flexibility index (Phi) is 5.44. The number of benzene rings is 1. The van der Waals surface area contributed by atoms with Crippen molar-refractivity contribution in [2.45, 2.75) is 16.0 Å². The Hall–Kier alpha value is -2.47. The number of nitrogens with zero attached hydrogens (tertiary/aromatic N) is 2. The third-order valence-corrected chi connectivity index (χ3v) is 6.72. The third-order valence-electron chi connectivity index (χ3n) is 3.89. The van der Waals surface area contributed by atoms with E-state index < -0.39 is 26.0 Å². The highest BCUT2D eigenvalue weighted by Crippen LogP contribution is 2.27. The molecule has 1 aliphatic heterocycles. The second-order valence-corrected chi connectivity index (χ2v) is 10.3. The number of hydrogen-bond donors (Lipinski definition) is 1. The van der Waals surface area contributed by atoms with E-state index in [-0.39, 0.29) is 9.92 Å². The van der Waals surface area contributed by atoms with Gasteiger partial charge in [-0.3, -0.25) is 4.84 Å². The van der Waals surface area contributed by atoms with Gasteiger partial charge in [-0.25, -0.2) is 31.6 Å². The van der Waals surface area contributed by atoms with E-state index in [9.17, 15) is 16.8 Å². The minimum absolute atomic E-state index is 0.0462. The molecule has 11 heteroatoms. The number of hydrogen-bond acceptors (Lipinski definition) is 8. The van der Waals surface area contributed by atoms with Gasteiger partial charge >= 0.3 is 0 Å². The number of sulfone groups is 1. The summed E-state index contributed by atoms with van der Waals surface area (Å²) < 4.78 is 53.8. The molecule has 0 saturated heterocycles. The fourth-order valence-corrected chi connectivity index (χ4v) is 3.82. The fourth-order valence-electron chi connectivity index (χ4n) is 2.36. The van der Waals surface area contributed by atoms with Crippen LogP contribution in [-0.2, 0) is 24.7 Å². The van der Waals surface area contributed by atoms with Gasteiger partial charge in [0.2, 0.25) is 15.9 Å². The molecular formula is C17H19N3O6S2. The Morgan fingerprint density at radius 3 is 2.29 bits per heavy atom. The number of sulfonamides is 1. The standard InChI is InChI=1S/C17H19N3O6S2/c1-20(2)28(23,24)14-7-4-12(5-8-14)15-10-16(19-26-15)25-13-6-9-17(18-11-13)27(3,21)22/h4-11,15,19H,1-3H3/t15-/m0/s1. The zero-order chi connectivity index (χ0) is 20.5. The van der Waals surface area contributed by atoms with Gasteiger partial charge in [0.1, 0.15) is 11.9 Å². The molecule has 9 nitrogen and oxygen atoms in total. The molecule has 1 aliphatic rings. The van der Waals surface area contributed by atoms with Gasteiger partial charge in [0, 0.05) is 26.4 Å². The van der Waals surface area contributed by atoms with Crippen molar-refractivity contribution in [3.05, 3.63) is 60.1 Å². The second kappa shape index (κ2) is 7.51. The maximum atomic E-state index is 12.1. The van der Waals surface area contributed by atoms with E-state index in [1.165, 1.54) is 44.6 Å². The zero-order valence-electron chi connectivity index (χ0n) is 15.4. The van der Waals surface area contributed by atoms with Gasteiger partial charge in [-0.15, -0.1) is 0 Å². The molecule has 150 valence electrons. The summed E-state index contributed by atoms with van der Waals surface area (Å²) >= 11 is 0. The molecule has 0 radical (unpaired) electrons. The van der Waals surface area contributed by atoms with Gasteiger partial charge < -0.3 is 4.74 Å². The highest BCUT2D eigenvalue weighted by Gasteiger charge is 2.22. The topological polar surface area (TPSA) is 115 Å². The maximum Gasteiger partial charge on any atom is 0.242 e. The maximum absolute atomic E-state index is 12.1. The van der Waals surface area contributed by atoms with Crippen molar-refractivity contribution >= 4 is 19.9 Å². The quantitative estimate of drug-likeness (QED) is 0.735. The minimum atomic E-state index is -3.50. The molecule has 0 bridgehead atoms. The van der Waals surface area contributed by atoms with Crippen molar-refractivity contribution in [3.63, 3.8) is 0 Å². The molecule has 1 atom stereocenters. The Morgan fingerprint density at radius 1 is 1.07 bits per heavy atom. The van der Waals surface area contributed by atoms with Gasteiger partial charge in [0.15, 0.2) is 14.9 Å². The molecule has 0 amide bonds. The molecule has 1 aromatic heterocycles. The Morgan fingerprint density at radius 2 is 1.75 bits per heavy atom. The van der Waals surface area contributed by atoms with E-state index in [0.717, 1.165) is 16.1 Å². The van der Waals surface area contributed by atoms with E-state index in [4.69, 9.17) is 9.57 Å². The summed E-state index contributed by atoms with van der Waals surface area (Å²) in [5, 5.41) is -0.0462. The Bertz CT molecular complexity index is 1090. The van der Waals surface area contributed by atoms with Crippen LogP contribution in [0.15, 0.2) is 64.5 Å². The monoisotopic (exact) mass is 425 g/mol. The Balaban J connectivity index is 1.72. The van der Waals surface area contributed by atoms with Crippen LogP contribution in [0.5, 0.6) is 5.75 Å². The van der Waals surface area contributed by atoms with Crippen molar-refractivity contribution < 1.29 is 26.4 Å². The highest BCUT2D eigenvalue weighted by atomic mass is 32.2. The van der Waals surface area contributed by atoms with Gasteiger partial charge in [-0.1, -0.05) is 12.1 Å². The summed E-state index contributed by atoms with van der Waals surface area (Å²) in [6, 6.07) is 9.17. The van der Waals surface area contributed by atoms with Crippen LogP contribution in [0.3, 0.4) is 0 Å². The van der Waals surface area contributed by atoms with Crippen molar-refractivity contribution in [2.75, 3.05) is 20.4 Å². The lowest BCUT2D eigenvalue weighted by Crippen LogP contribution is -2.22. The zero-order valence-corrected chi connectivity index (χ0v) is 17.0. The average molecular weight is 425 g/mol. The molecule has 2 aromatic rings. The van der Waals surface area contributed by atoms with Crippen molar-refractivity contribution in [1.82, 2.24) is 14.8 Å². The smallest absolute Gasteiger partial charge is 0.242 e. The van der Waals surface area contributed by atoms with E-state index in [0.29, 0.717) is 11.6 Å². The van der Waals surface area contributed by atoms with E-state index in [1.807, 2.05) is 0 Å². The van der Waals surface area contributed by atoms with Crippen LogP contribution in [0.4, 0.5) is 0 Å². The summed E-state index contributed by atoms with van der Waals surface area (Å²) in [7, 11) is -3.94. The molecule has 1 N–H and O–H groups in total. The van der Waals surface area contributed by atoms with Crippen LogP contribution in [0, 0.1) is 0 Å². The van der Waals surface area contributed by atoms with Crippen LogP contribution in [0.1, 0.15) is 11.7 Å². The molecule has 0 unspecified atom stereocenters. The first-order valence-corrected chi connectivity index (χ1v) is 11.4. The lowest BCUT2D eigenvalue weighted by Gasteiger charge is -2.12. The molecule has 28 heavy (non-hydrogen) atoms. The van der Waals surface area contributed by atoms with Gasteiger partial charge in [-0.2, -0.15) is 0 Å². The molecule has 1 aromatic carbocycles. The first kappa shape index (κ1) is 20.3. The number of rotatable bonds is 6. The van der Waals surface area contributed by atoms with Crippen molar-refractivity contribution in [2.24, 2.45) is 0 Å². The number of nitrogens with one attached hydrogen (secondary N) is 1. The minimum Gasteiger partial charge on any atom is -0.438 e. The van der Waals surface area contributed by atoms with Crippen molar-refractivity contribution in [1.29, 1.82) is 0 Å². The average Bonchev–Trinajstić information content (AvgIpc) is 3.10. The first-order valence-electron chi connectivity index (χ1n) is 8.07. The van der Waals surface area contributed by atoms with Gasteiger partial charge in [0.25, 0.3) is 0 Å². The van der Waals surface area contributed by atoms with E-state index in [1.54, 1.807) is 18.2 Å². The summed E-state index contributed by atoms with van der Waals surface area (Å²) in [4.78, 5) is 9.46. The predicted molar refractivity (Wildman–Crippen MR) is 100 cm³/mol. The number of aromatic nitrogens is 1. The van der Waals surface area contributed by atoms with Gasteiger partial charge in [0.05, 0.1) is 11.1 Å². The molecule has 0 fully saturated rings. The summed E-state index contributed by atoms with van der Waals surface area (Å²) in [5.74, 6) is 0.645. The number of hydroxylamine groups is 1. The first-order chi connectivity index (χ1) is 13.1. The molecule has 3 rings (SSSR count). The van der Waals surface area contributed by atoms with E-state index >= 15 is 0 Å². The normalized spacial score (nSPS) is 17.3. The van der Waals surface area contributed by atoms with Crippen LogP contribution >= 0.6 is 0 Å². The van der Waals surface area contributed by atoms with Crippen LogP contribution < -0.4 is 10.2 Å². The molecule has 0 spiro atoms. The Labute approximate surface area is 163 Å². The van der Waals surface area contributed by atoms with Crippen LogP contribution in [0.2, 0.25) is 0 Å². The lowest BCUT2D eigenvalue weighted by atomic mass is 10.1. The molecular weight excluding hydrogens is 406 g/mol. The van der Waals surface area contributed by atoms with Crippen LogP contribution in [-0.4, -0.2) is 46.5 Å². The van der Waals surface area contributed by atoms with E-state index in [2.05, 4.69) is 10.5 Å².